The molecule has 4 rings (SSSR count). The predicted molar refractivity (Wildman–Crippen MR) is 107 cm³/mol. The van der Waals surface area contributed by atoms with Gasteiger partial charge in [-0.1, -0.05) is 11.3 Å². The van der Waals surface area contributed by atoms with Gasteiger partial charge in [-0.3, -0.25) is 20.1 Å². The largest absolute Gasteiger partial charge is 0.393 e. The Morgan fingerprint density at radius 2 is 1.97 bits per heavy atom. The SMILES string of the molecule is O=C(Nc1nc2ccc(F)cc2s1)c1ccc(-c2ncc(C(O)CO)cc2F)nc1. The average molecular weight is 428 g/mol. The van der Waals surface area contributed by atoms with Crippen LogP contribution in [-0.4, -0.2) is 37.7 Å². The zero-order valence-corrected chi connectivity index (χ0v) is 16.0. The molecule has 0 saturated heterocycles. The maximum Gasteiger partial charge on any atom is 0.259 e. The van der Waals surface area contributed by atoms with Crippen molar-refractivity contribution in [3.8, 4) is 11.4 Å². The second kappa shape index (κ2) is 8.19. The fraction of sp³-hybridized carbons (Fsp3) is 0.100. The number of carbonyl (C=O) groups excluding carboxylic acids is 1. The lowest BCUT2D eigenvalue weighted by molar-refractivity contribution is 0.0951. The molecular weight excluding hydrogens is 414 g/mol. The third kappa shape index (κ3) is 4.01. The van der Waals surface area contributed by atoms with E-state index < -0.39 is 24.4 Å². The van der Waals surface area contributed by atoms with Crippen LogP contribution in [0.15, 0.2) is 48.8 Å². The van der Waals surface area contributed by atoms with Crippen molar-refractivity contribution >= 4 is 32.6 Å². The van der Waals surface area contributed by atoms with Gasteiger partial charge in [-0.05, 0) is 36.4 Å². The Labute approximate surface area is 172 Å². The van der Waals surface area contributed by atoms with Gasteiger partial charge in [0, 0.05) is 18.0 Å². The summed E-state index contributed by atoms with van der Waals surface area (Å²) in [5.74, 6) is -1.57. The van der Waals surface area contributed by atoms with Crippen LogP contribution in [0.3, 0.4) is 0 Å². The number of aliphatic hydroxyl groups excluding tert-OH is 2. The van der Waals surface area contributed by atoms with Crippen LogP contribution in [0.25, 0.3) is 21.6 Å². The molecule has 1 unspecified atom stereocenters. The van der Waals surface area contributed by atoms with Crippen molar-refractivity contribution in [3.63, 3.8) is 0 Å². The van der Waals surface area contributed by atoms with Crippen molar-refractivity contribution in [2.45, 2.75) is 6.10 Å². The van der Waals surface area contributed by atoms with Crippen LogP contribution in [0.1, 0.15) is 22.0 Å². The van der Waals surface area contributed by atoms with E-state index in [4.69, 9.17) is 5.11 Å². The van der Waals surface area contributed by atoms with Gasteiger partial charge in [-0.15, -0.1) is 0 Å². The van der Waals surface area contributed by atoms with Gasteiger partial charge in [0.25, 0.3) is 5.91 Å². The third-order valence-electron chi connectivity index (χ3n) is 4.26. The number of nitrogens with zero attached hydrogens (tertiary/aromatic N) is 3. The topological polar surface area (TPSA) is 108 Å². The Morgan fingerprint density at radius 1 is 1.13 bits per heavy atom. The van der Waals surface area contributed by atoms with Gasteiger partial charge in [0.05, 0.1) is 28.1 Å². The summed E-state index contributed by atoms with van der Waals surface area (Å²) in [6, 6.07) is 8.13. The standard InChI is InChI=1S/C20H14F2N4O3S/c21-12-2-4-14-17(6-12)30-20(25-14)26-19(29)10-1-3-15(23-7-10)18-13(22)5-11(8-24-18)16(28)9-27/h1-8,16,27-28H,9H2,(H,25,26,29). The molecule has 0 saturated carbocycles. The van der Waals surface area contributed by atoms with Crippen molar-refractivity contribution in [2.24, 2.45) is 0 Å². The molecule has 30 heavy (non-hydrogen) atoms. The van der Waals surface area contributed by atoms with Gasteiger partial charge in [0.15, 0.2) is 10.9 Å². The van der Waals surface area contributed by atoms with Gasteiger partial charge in [-0.25, -0.2) is 13.8 Å². The molecule has 7 nitrogen and oxygen atoms in total. The highest BCUT2D eigenvalue weighted by Gasteiger charge is 2.15. The Hall–Kier alpha value is -3.34. The molecule has 4 aromatic rings. The first-order chi connectivity index (χ1) is 14.4. The molecule has 0 aliphatic carbocycles. The lowest BCUT2D eigenvalue weighted by Crippen LogP contribution is -2.12. The first-order valence-electron chi connectivity index (χ1n) is 8.73. The number of benzene rings is 1. The van der Waals surface area contributed by atoms with Gasteiger partial charge >= 0.3 is 0 Å². The first-order valence-corrected chi connectivity index (χ1v) is 9.54. The minimum atomic E-state index is -1.22. The van der Waals surface area contributed by atoms with E-state index in [1.54, 1.807) is 0 Å². The van der Waals surface area contributed by atoms with Crippen molar-refractivity contribution in [3.05, 3.63) is 71.6 Å². The molecule has 0 aliphatic rings. The van der Waals surface area contributed by atoms with E-state index in [-0.39, 0.29) is 28.3 Å². The van der Waals surface area contributed by atoms with Crippen LogP contribution < -0.4 is 5.32 Å². The van der Waals surface area contributed by atoms with Crippen LogP contribution >= 0.6 is 11.3 Å². The number of anilines is 1. The van der Waals surface area contributed by atoms with Gasteiger partial charge in [0.1, 0.15) is 17.6 Å². The summed E-state index contributed by atoms with van der Waals surface area (Å²) in [4.78, 5) is 24.7. The summed E-state index contributed by atoms with van der Waals surface area (Å²) in [6.07, 6.45) is 1.30. The van der Waals surface area contributed by atoms with Crippen LogP contribution in [0.2, 0.25) is 0 Å². The smallest absolute Gasteiger partial charge is 0.259 e. The van der Waals surface area contributed by atoms with E-state index in [9.17, 15) is 18.7 Å². The number of carbonyl (C=O) groups is 1. The van der Waals surface area contributed by atoms with Gasteiger partial charge in [-0.2, -0.15) is 0 Å². The maximum atomic E-state index is 14.3. The lowest BCUT2D eigenvalue weighted by atomic mass is 10.1. The molecule has 0 spiro atoms. The van der Waals surface area contributed by atoms with Crippen molar-refractivity contribution in [1.29, 1.82) is 0 Å². The number of amides is 1. The van der Waals surface area contributed by atoms with Gasteiger partial charge < -0.3 is 10.2 Å². The van der Waals surface area contributed by atoms with Crippen LogP contribution in [0, 0.1) is 11.6 Å². The highest BCUT2D eigenvalue weighted by Crippen LogP contribution is 2.27. The first kappa shape index (κ1) is 20.0. The summed E-state index contributed by atoms with van der Waals surface area (Å²) in [7, 11) is 0. The lowest BCUT2D eigenvalue weighted by Gasteiger charge is -2.09. The Morgan fingerprint density at radius 3 is 2.67 bits per heavy atom. The summed E-state index contributed by atoms with van der Waals surface area (Å²) >= 11 is 1.14. The number of hydrogen-bond acceptors (Lipinski definition) is 7. The summed E-state index contributed by atoms with van der Waals surface area (Å²) < 4.78 is 28.2. The Balaban J connectivity index is 1.52. The predicted octanol–water partition coefficient (Wildman–Crippen LogP) is 3.31. The van der Waals surface area contributed by atoms with Crippen molar-refractivity contribution in [1.82, 2.24) is 15.0 Å². The molecule has 0 fully saturated rings. The summed E-state index contributed by atoms with van der Waals surface area (Å²) in [6.45, 7) is -0.549. The minimum Gasteiger partial charge on any atom is -0.393 e. The number of pyridine rings is 2. The number of fused-ring (bicyclic) bond motifs is 1. The maximum absolute atomic E-state index is 14.3. The average Bonchev–Trinajstić information content (AvgIpc) is 3.14. The normalized spacial score (nSPS) is 12.1. The van der Waals surface area contributed by atoms with E-state index in [2.05, 4.69) is 20.3 Å². The highest BCUT2D eigenvalue weighted by atomic mass is 32.1. The molecule has 0 radical (unpaired) electrons. The number of aromatic nitrogens is 3. The number of halogens is 2. The molecule has 1 atom stereocenters. The van der Waals surface area contributed by atoms with E-state index >= 15 is 0 Å². The molecule has 10 heteroatoms. The van der Waals surface area contributed by atoms with Crippen LogP contribution in [0.4, 0.5) is 13.9 Å². The van der Waals surface area contributed by atoms with Gasteiger partial charge in [0.2, 0.25) is 0 Å². The van der Waals surface area contributed by atoms with E-state index in [0.29, 0.717) is 15.3 Å². The monoisotopic (exact) mass is 428 g/mol. The number of hydrogen-bond donors (Lipinski definition) is 3. The number of thiazole rings is 1. The van der Waals surface area contributed by atoms with Crippen LogP contribution in [0.5, 0.6) is 0 Å². The van der Waals surface area contributed by atoms with E-state index in [0.717, 1.165) is 17.4 Å². The molecule has 3 aromatic heterocycles. The number of rotatable bonds is 5. The molecular formula is C20H14F2N4O3S. The molecule has 1 amide bonds. The number of nitrogens with one attached hydrogen (secondary N) is 1. The van der Waals surface area contributed by atoms with Crippen molar-refractivity contribution < 1.29 is 23.8 Å². The fourth-order valence-electron chi connectivity index (χ4n) is 2.72. The molecule has 1 aromatic carbocycles. The summed E-state index contributed by atoms with van der Waals surface area (Å²) in [5, 5.41) is 21.4. The molecule has 0 aliphatic heterocycles. The Kier molecular flexibility index (Phi) is 5.44. The van der Waals surface area contributed by atoms with E-state index in [1.165, 1.54) is 42.7 Å². The molecule has 3 N–H and O–H groups in total. The second-order valence-electron chi connectivity index (χ2n) is 6.31. The van der Waals surface area contributed by atoms with E-state index in [1.807, 2.05) is 0 Å². The third-order valence-corrected chi connectivity index (χ3v) is 5.19. The fourth-order valence-corrected chi connectivity index (χ4v) is 3.60. The second-order valence-corrected chi connectivity index (χ2v) is 7.35. The number of aliphatic hydroxyl groups is 2. The van der Waals surface area contributed by atoms with Crippen LogP contribution in [-0.2, 0) is 0 Å². The zero-order valence-electron chi connectivity index (χ0n) is 15.2. The Bertz CT molecular complexity index is 1230. The minimum absolute atomic E-state index is 0.0518. The molecule has 3 heterocycles. The quantitative estimate of drug-likeness (QED) is 0.450. The molecule has 0 bridgehead atoms. The molecule has 152 valence electrons. The summed E-state index contributed by atoms with van der Waals surface area (Å²) in [5.41, 5.74) is 1.08. The highest BCUT2D eigenvalue weighted by molar-refractivity contribution is 7.22. The van der Waals surface area contributed by atoms with Crippen molar-refractivity contribution in [2.75, 3.05) is 11.9 Å². The zero-order chi connectivity index (χ0) is 21.3.